The van der Waals surface area contributed by atoms with Crippen molar-refractivity contribution in [3.05, 3.63) is 29.8 Å². The number of ether oxygens (including phenoxy) is 1. The lowest BCUT2D eigenvalue weighted by Crippen LogP contribution is -2.29. The molecule has 0 radical (unpaired) electrons. The molecule has 1 aromatic carbocycles. The SMILES string of the molecule is C#CCNC(C(=O)OC)c1cccc(O)c1. The Morgan fingerprint density at radius 3 is 3.00 bits per heavy atom. The van der Waals surface area contributed by atoms with Gasteiger partial charge in [-0.3, -0.25) is 5.32 Å². The molecule has 1 rings (SSSR count). The minimum absolute atomic E-state index is 0.0916. The predicted octanol–water partition coefficient (Wildman–Crippen LogP) is 0.829. The van der Waals surface area contributed by atoms with Crippen molar-refractivity contribution in [2.24, 2.45) is 0 Å². The van der Waals surface area contributed by atoms with Gasteiger partial charge in [-0.2, -0.15) is 0 Å². The van der Waals surface area contributed by atoms with Crippen LogP contribution in [0.1, 0.15) is 11.6 Å². The zero-order valence-corrected chi connectivity index (χ0v) is 8.93. The van der Waals surface area contributed by atoms with Crippen molar-refractivity contribution in [1.82, 2.24) is 5.32 Å². The first-order chi connectivity index (χ1) is 7.69. The van der Waals surface area contributed by atoms with Gasteiger partial charge in [-0.25, -0.2) is 4.79 Å². The topological polar surface area (TPSA) is 58.6 Å². The molecule has 16 heavy (non-hydrogen) atoms. The Hall–Kier alpha value is -1.99. The van der Waals surface area contributed by atoms with Crippen LogP contribution in [0.25, 0.3) is 0 Å². The molecular weight excluding hydrogens is 206 g/mol. The van der Waals surface area contributed by atoms with Gasteiger partial charge in [-0.15, -0.1) is 6.42 Å². The molecule has 0 saturated heterocycles. The fraction of sp³-hybridized carbons (Fsp3) is 0.250. The molecule has 0 spiro atoms. The highest BCUT2D eigenvalue weighted by atomic mass is 16.5. The van der Waals surface area contributed by atoms with E-state index < -0.39 is 12.0 Å². The van der Waals surface area contributed by atoms with Crippen LogP contribution in [0.3, 0.4) is 0 Å². The van der Waals surface area contributed by atoms with Gasteiger partial charge in [-0.1, -0.05) is 18.1 Å². The summed E-state index contributed by atoms with van der Waals surface area (Å²) in [6.07, 6.45) is 5.11. The number of esters is 1. The lowest BCUT2D eigenvalue weighted by molar-refractivity contribution is -0.143. The molecule has 0 amide bonds. The zero-order valence-electron chi connectivity index (χ0n) is 8.93. The Labute approximate surface area is 94.2 Å². The van der Waals surface area contributed by atoms with E-state index in [1.165, 1.54) is 19.2 Å². The van der Waals surface area contributed by atoms with E-state index >= 15 is 0 Å². The highest BCUT2D eigenvalue weighted by Crippen LogP contribution is 2.19. The van der Waals surface area contributed by atoms with Crippen LogP contribution in [0, 0.1) is 12.3 Å². The summed E-state index contributed by atoms with van der Waals surface area (Å²) in [4.78, 5) is 11.5. The number of methoxy groups -OCH3 is 1. The van der Waals surface area contributed by atoms with Gasteiger partial charge in [0, 0.05) is 0 Å². The molecule has 1 unspecified atom stereocenters. The Bertz CT molecular complexity index is 409. The van der Waals surface area contributed by atoms with Gasteiger partial charge in [0.2, 0.25) is 0 Å². The standard InChI is InChI=1S/C12H13NO3/c1-3-7-13-11(12(15)16-2)9-5-4-6-10(14)8-9/h1,4-6,8,11,13-14H,7H2,2H3. The molecule has 1 atom stereocenters. The van der Waals surface area contributed by atoms with E-state index in [4.69, 9.17) is 6.42 Å². The molecule has 0 aliphatic rings. The molecule has 2 N–H and O–H groups in total. The molecule has 0 bridgehead atoms. The van der Waals surface area contributed by atoms with Crippen molar-refractivity contribution in [2.45, 2.75) is 6.04 Å². The average Bonchev–Trinajstić information content (AvgIpc) is 2.29. The summed E-state index contributed by atoms with van der Waals surface area (Å²) in [5.74, 6) is 2.03. The first-order valence-electron chi connectivity index (χ1n) is 4.72. The van der Waals surface area contributed by atoms with E-state index in [9.17, 15) is 9.90 Å². The predicted molar refractivity (Wildman–Crippen MR) is 59.7 cm³/mol. The summed E-state index contributed by atoms with van der Waals surface area (Å²) >= 11 is 0. The summed E-state index contributed by atoms with van der Waals surface area (Å²) in [7, 11) is 1.30. The van der Waals surface area contributed by atoms with Gasteiger partial charge in [0.05, 0.1) is 13.7 Å². The van der Waals surface area contributed by atoms with Crippen LogP contribution in [0.5, 0.6) is 5.75 Å². The van der Waals surface area contributed by atoms with Crippen LogP contribution in [-0.2, 0) is 9.53 Å². The van der Waals surface area contributed by atoms with Crippen LogP contribution in [0.2, 0.25) is 0 Å². The molecule has 4 heteroatoms. The minimum atomic E-state index is -0.659. The van der Waals surface area contributed by atoms with E-state index in [2.05, 4.69) is 16.0 Å². The minimum Gasteiger partial charge on any atom is -0.508 e. The van der Waals surface area contributed by atoms with Crippen molar-refractivity contribution in [1.29, 1.82) is 0 Å². The lowest BCUT2D eigenvalue weighted by atomic mass is 10.1. The fourth-order valence-corrected chi connectivity index (χ4v) is 1.32. The first kappa shape index (κ1) is 12.1. The number of benzene rings is 1. The molecular formula is C12H13NO3. The number of terminal acetylenes is 1. The third-order valence-electron chi connectivity index (χ3n) is 2.05. The molecule has 4 nitrogen and oxygen atoms in total. The molecule has 1 aromatic rings. The monoisotopic (exact) mass is 219 g/mol. The van der Waals surface area contributed by atoms with E-state index in [-0.39, 0.29) is 12.3 Å². The van der Waals surface area contributed by atoms with E-state index in [0.717, 1.165) is 0 Å². The maximum Gasteiger partial charge on any atom is 0.327 e. The van der Waals surface area contributed by atoms with E-state index in [1.54, 1.807) is 12.1 Å². The first-order valence-corrected chi connectivity index (χ1v) is 4.72. The summed E-state index contributed by atoms with van der Waals surface area (Å²) in [5, 5.41) is 12.2. The number of phenols is 1. The smallest absolute Gasteiger partial charge is 0.327 e. The van der Waals surface area contributed by atoms with Gasteiger partial charge < -0.3 is 9.84 Å². The molecule has 0 saturated carbocycles. The molecule has 0 heterocycles. The van der Waals surface area contributed by atoms with Gasteiger partial charge in [0.1, 0.15) is 11.8 Å². The number of phenolic OH excluding ortho intramolecular Hbond substituents is 1. The third kappa shape index (κ3) is 3.01. The number of hydrogen-bond acceptors (Lipinski definition) is 4. The molecule has 0 aliphatic carbocycles. The van der Waals surface area contributed by atoms with Crippen LogP contribution < -0.4 is 5.32 Å². The largest absolute Gasteiger partial charge is 0.508 e. The van der Waals surface area contributed by atoms with Crippen molar-refractivity contribution >= 4 is 5.97 Å². The highest BCUT2D eigenvalue weighted by molar-refractivity contribution is 5.77. The average molecular weight is 219 g/mol. The Balaban J connectivity index is 2.92. The summed E-state index contributed by atoms with van der Waals surface area (Å²) in [5.41, 5.74) is 0.613. The van der Waals surface area contributed by atoms with Crippen LogP contribution in [-0.4, -0.2) is 24.7 Å². The number of hydrogen-bond donors (Lipinski definition) is 2. The maximum atomic E-state index is 11.5. The number of aromatic hydroxyl groups is 1. The van der Waals surface area contributed by atoms with Crippen molar-refractivity contribution < 1.29 is 14.6 Å². The van der Waals surface area contributed by atoms with Gasteiger partial charge in [0.15, 0.2) is 0 Å². The van der Waals surface area contributed by atoms with E-state index in [1.807, 2.05) is 0 Å². The second-order valence-corrected chi connectivity index (χ2v) is 3.14. The molecule has 0 aromatic heterocycles. The summed E-state index contributed by atoms with van der Waals surface area (Å²) < 4.78 is 4.65. The third-order valence-corrected chi connectivity index (χ3v) is 2.05. The Kier molecular flexibility index (Phi) is 4.37. The van der Waals surface area contributed by atoms with Crippen LogP contribution >= 0.6 is 0 Å². The highest BCUT2D eigenvalue weighted by Gasteiger charge is 2.20. The molecule has 0 aliphatic heterocycles. The number of carbonyl (C=O) groups is 1. The second kappa shape index (κ2) is 5.79. The molecule has 0 fully saturated rings. The number of carbonyl (C=O) groups excluding carboxylic acids is 1. The molecule has 84 valence electrons. The van der Waals surface area contributed by atoms with Gasteiger partial charge in [-0.05, 0) is 17.7 Å². The van der Waals surface area contributed by atoms with E-state index in [0.29, 0.717) is 5.56 Å². The lowest BCUT2D eigenvalue weighted by Gasteiger charge is -2.15. The van der Waals surface area contributed by atoms with Gasteiger partial charge >= 0.3 is 5.97 Å². The Morgan fingerprint density at radius 2 is 2.44 bits per heavy atom. The Morgan fingerprint density at radius 1 is 1.69 bits per heavy atom. The van der Waals surface area contributed by atoms with Crippen molar-refractivity contribution in [3.63, 3.8) is 0 Å². The van der Waals surface area contributed by atoms with Crippen LogP contribution in [0.15, 0.2) is 24.3 Å². The maximum absolute atomic E-state index is 11.5. The second-order valence-electron chi connectivity index (χ2n) is 3.14. The summed E-state index contributed by atoms with van der Waals surface area (Å²) in [6.45, 7) is 0.245. The fourth-order valence-electron chi connectivity index (χ4n) is 1.32. The zero-order chi connectivity index (χ0) is 12.0. The number of rotatable bonds is 4. The normalized spacial score (nSPS) is 11.5. The van der Waals surface area contributed by atoms with Crippen LogP contribution in [0.4, 0.5) is 0 Å². The summed E-state index contributed by atoms with van der Waals surface area (Å²) in [6, 6.07) is 5.72. The quantitative estimate of drug-likeness (QED) is 0.581. The van der Waals surface area contributed by atoms with Crippen molar-refractivity contribution in [2.75, 3.05) is 13.7 Å². The van der Waals surface area contributed by atoms with Gasteiger partial charge in [0.25, 0.3) is 0 Å². The number of nitrogens with one attached hydrogen (secondary N) is 1. The van der Waals surface area contributed by atoms with Crippen molar-refractivity contribution in [3.8, 4) is 18.1 Å².